The summed E-state index contributed by atoms with van der Waals surface area (Å²) in [5.41, 5.74) is 6.78. The first kappa shape index (κ1) is 6.84. The summed E-state index contributed by atoms with van der Waals surface area (Å²) in [5, 5.41) is 8.17. The van der Waals surface area contributed by atoms with Crippen LogP contribution in [0.2, 0.25) is 0 Å². The molecule has 0 spiro atoms. The van der Waals surface area contributed by atoms with Gasteiger partial charge in [-0.25, -0.2) is 4.98 Å². The number of nitrogens with one attached hydrogen (secondary N) is 2. The van der Waals surface area contributed by atoms with E-state index in [-0.39, 0.29) is 5.84 Å². The normalized spacial score (nSPS) is 10.3. The molecule has 0 amide bonds. The van der Waals surface area contributed by atoms with E-state index in [0.29, 0.717) is 5.56 Å². The third-order valence-electron chi connectivity index (χ3n) is 1.71. The van der Waals surface area contributed by atoms with Gasteiger partial charge in [0.05, 0.1) is 0 Å². The lowest BCUT2D eigenvalue weighted by atomic mass is 10.2. The fourth-order valence-electron chi connectivity index (χ4n) is 1.09. The molecule has 0 aromatic carbocycles. The van der Waals surface area contributed by atoms with Crippen LogP contribution in [0.25, 0.3) is 11.0 Å². The Labute approximate surface area is 68.9 Å². The van der Waals surface area contributed by atoms with Crippen molar-refractivity contribution in [2.75, 3.05) is 0 Å². The van der Waals surface area contributed by atoms with E-state index >= 15 is 0 Å². The molecule has 2 aromatic rings. The quantitative estimate of drug-likeness (QED) is 0.427. The molecule has 60 valence electrons. The number of H-pyrrole nitrogens is 1. The van der Waals surface area contributed by atoms with Crippen molar-refractivity contribution in [1.29, 1.82) is 5.41 Å². The minimum Gasteiger partial charge on any atom is -0.384 e. The number of aromatic nitrogens is 2. The molecule has 0 aliphatic heterocycles. The van der Waals surface area contributed by atoms with E-state index in [1.165, 1.54) is 0 Å². The molecule has 2 rings (SSSR count). The van der Waals surface area contributed by atoms with E-state index in [2.05, 4.69) is 9.97 Å². The zero-order valence-corrected chi connectivity index (χ0v) is 6.33. The number of fused-ring (bicyclic) bond motifs is 1. The molecule has 12 heavy (non-hydrogen) atoms. The fraction of sp³-hybridized carbons (Fsp3) is 0. The Bertz CT molecular complexity index is 429. The second-order valence-electron chi connectivity index (χ2n) is 2.55. The van der Waals surface area contributed by atoms with Crippen molar-refractivity contribution in [2.45, 2.75) is 0 Å². The summed E-state index contributed by atoms with van der Waals surface area (Å²) >= 11 is 0. The van der Waals surface area contributed by atoms with E-state index in [0.717, 1.165) is 11.0 Å². The van der Waals surface area contributed by atoms with Gasteiger partial charge in [0.2, 0.25) is 0 Å². The van der Waals surface area contributed by atoms with Crippen LogP contribution in [-0.4, -0.2) is 15.8 Å². The van der Waals surface area contributed by atoms with Crippen LogP contribution in [0.1, 0.15) is 5.56 Å². The number of nitrogens with two attached hydrogens (primary N) is 1. The van der Waals surface area contributed by atoms with Crippen molar-refractivity contribution in [3.8, 4) is 0 Å². The molecule has 0 aliphatic rings. The van der Waals surface area contributed by atoms with Gasteiger partial charge in [-0.3, -0.25) is 5.41 Å². The Kier molecular flexibility index (Phi) is 1.33. The van der Waals surface area contributed by atoms with Crippen LogP contribution in [0.3, 0.4) is 0 Å². The largest absolute Gasteiger partial charge is 0.384 e. The molecule has 2 aromatic heterocycles. The number of pyridine rings is 1. The molecular weight excluding hydrogens is 152 g/mol. The van der Waals surface area contributed by atoms with Gasteiger partial charge < -0.3 is 10.7 Å². The van der Waals surface area contributed by atoms with Crippen molar-refractivity contribution in [2.24, 2.45) is 5.73 Å². The maximum absolute atomic E-state index is 7.19. The lowest BCUT2D eigenvalue weighted by Crippen LogP contribution is -2.10. The van der Waals surface area contributed by atoms with Crippen LogP contribution in [-0.2, 0) is 0 Å². The topological polar surface area (TPSA) is 78.6 Å². The van der Waals surface area contributed by atoms with E-state index in [1.54, 1.807) is 6.20 Å². The molecule has 4 heteroatoms. The summed E-state index contributed by atoms with van der Waals surface area (Å²) in [6, 6.07) is 3.73. The zero-order valence-electron chi connectivity index (χ0n) is 6.33. The molecule has 0 bridgehead atoms. The van der Waals surface area contributed by atoms with Crippen LogP contribution in [0.15, 0.2) is 24.5 Å². The van der Waals surface area contributed by atoms with Gasteiger partial charge in [0.15, 0.2) is 0 Å². The summed E-state index contributed by atoms with van der Waals surface area (Å²) in [7, 11) is 0. The molecule has 0 unspecified atom stereocenters. The number of nitrogen functional groups attached to an aromatic ring is 1. The Morgan fingerprint density at radius 2 is 2.42 bits per heavy atom. The van der Waals surface area contributed by atoms with Gasteiger partial charge in [0.1, 0.15) is 11.5 Å². The number of amidine groups is 1. The summed E-state index contributed by atoms with van der Waals surface area (Å²) < 4.78 is 0. The van der Waals surface area contributed by atoms with Crippen molar-refractivity contribution >= 4 is 16.9 Å². The molecule has 0 saturated carbocycles. The minimum absolute atomic E-state index is 0.0469. The third kappa shape index (κ3) is 0.934. The summed E-state index contributed by atoms with van der Waals surface area (Å²) in [6.07, 6.45) is 3.39. The van der Waals surface area contributed by atoms with Gasteiger partial charge in [-0.1, -0.05) is 0 Å². The number of aromatic amines is 1. The van der Waals surface area contributed by atoms with Crippen LogP contribution < -0.4 is 5.73 Å². The van der Waals surface area contributed by atoms with Gasteiger partial charge in [-0.05, 0) is 12.1 Å². The summed E-state index contributed by atoms with van der Waals surface area (Å²) in [6.45, 7) is 0. The first-order valence-corrected chi connectivity index (χ1v) is 3.55. The SMILES string of the molecule is N=C(N)c1cnc2[nH]ccc2c1. The standard InChI is InChI=1S/C8H8N4/c9-7(10)6-3-5-1-2-11-8(5)12-4-6/h1-4H,(H3,9,10)(H,11,12). The van der Waals surface area contributed by atoms with Gasteiger partial charge in [-0.15, -0.1) is 0 Å². The second-order valence-corrected chi connectivity index (χ2v) is 2.55. The molecule has 0 saturated heterocycles. The first-order valence-electron chi connectivity index (χ1n) is 3.55. The number of hydrogen-bond donors (Lipinski definition) is 3. The maximum atomic E-state index is 7.19. The van der Waals surface area contributed by atoms with Gasteiger partial charge in [0.25, 0.3) is 0 Å². The highest BCUT2D eigenvalue weighted by atomic mass is 14.8. The fourth-order valence-corrected chi connectivity index (χ4v) is 1.09. The highest BCUT2D eigenvalue weighted by Crippen LogP contribution is 2.10. The molecule has 4 N–H and O–H groups in total. The Morgan fingerprint density at radius 1 is 1.58 bits per heavy atom. The Hall–Kier alpha value is -1.84. The monoisotopic (exact) mass is 160 g/mol. The van der Waals surface area contributed by atoms with Crippen LogP contribution in [0.5, 0.6) is 0 Å². The van der Waals surface area contributed by atoms with E-state index < -0.39 is 0 Å². The smallest absolute Gasteiger partial charge is 0.137 e. The van der Waals surface area contributed by atoms with Crippen molar-refractivity contribution in [3.05, 3.63) is 30.1 Å². The second kappa shape index (κ2) is 2.34. The van der Waals surface area contributed by atoms with Crippen LogP contribution in [0.4, 0.5) is 0 Å². The van der Waals surface area contributed by atoms with Crippen molar-refractivity contribution in [1.82, 2.24) is 9.97 Å². The van der Waals surface area contributed by atoms with Gasteiger partial charge in [0, 0.05) is 23.3 Å². The number of hydrogen-bond acceptors (Lipinski definition) is 2. The molecule has 0 atom stereocenters. The minimum atomic E-state index is 0.0469. The van der Waals surface area contributed by atoms with E-state index in [4.69, 9.17) is 11.1 Å². The number of rotatable bonds is 1. The summed E-state index contributed by atoms with van der Waals surface area (Å²) in [4.78, 5) is 7.05. The zero-order chi connectivity index (χ0) is 8.55. The predicted octanol–water partition coefficient (Wildman–Crippen LogP) is 0.847. The first-order chi connectivity index (χ1) is 5.77. The maximum Gasteiger partial charge on any atom is 0.137 e. The lowest BCUT2D eigenvalue weighted by Gasteiger charge is -1.95. The van der Waals surface area contributed by atoms with Crippen molar-refractivity contribution in [3.63, 3.8) is 0 Å². The highest BCUT2D eigenvalue weighted by Gasteiger charge is 1.99. The van der Waals surface area contributed by atoms with Gasteiger partial charge >= 0.3 is 0 Å². The van der Waals surface area contributed by atoms with E-state index in [1.807, 2.05) is 18.3 Å². The molecule has 0 fully saturated rings. The molecular formula is C8H8N4. The van der Waals surface area contributed by atoms with Crippen LogP contribution >= 0.6 is 0 Å². The predicted molar refractivity (Wildman–Crippen MR) is 47.1 cm³/mol. The Balaban J connectivity index is 2.68. The molecule has 0 radical (unpaired) electrons. The highest BCUT2D eigenvalue weighted by molar-refractivity contribution is 5.97. The van der Waals surface area contributed by atoms with Crippen LogP contribution in [0, 0.1) is 5.41 Å². The number of nitrogens with zero attached hydrogens (tertiary/aromatic N) is 1. The lowest BCUT2D eigenvalue weighted by molar-refractivity contribution is 1.30. The van der Waals surface area contributed by atoms with Crippen molar-refractivity contribution < 1.29 is 0 Å². The third-order valence-corrected chi connectivity index (χ3v) is 1.71. The summed E-state index contributed by atoms with van der Waals surface area (Å²) in [5.74, 6) is 0.0469. The average Bonchev–Trinajstić information content (AvgIpc) is 2.49. The molecule has 2 heterocycles. The van der Waals surface area contributed by atoms with E-state index in [9.17, 15) is 0 Å². The molecule has 4 nitrogen and oxygen atoms in total. The Morgan fingerprint density at radius 3 is 3.17 bits per heavy atom. The average molecular weight is 160 g/mol. The molecule has 0 aliphatic carbocycles. The van der Waals surface area contributed by atoms with Gasteiger partial charge in [-0.2, -0.15) is 0 Å².